The maximum Gasteiger partial charge on any atom is 0.336 e. The third kappa shape index (κ3) is 3.26. The van der Waals surface area contributed by atoms with Gasteiger partial charge in [0.15, 0.2) is 0 Å². The van der Waals surface area contributed by atoms with Gasteiger partial charge in [-0.25, -0.2) is 14.8 Å². The number of hydrogen-bond acceptors (Lipinski definition) is 5. The Morgan fingerprint density at radius 2 is 2.12 bits per heavy atom. The van der Waals surface area contributed by atoms with Gasteiger partial charge >= 0.3 is 5.97 Å². The molecule has 0 aliphatic carbocycles. The monoisotopic (exact) mass is 368 g/mol. The van der Waals surface area contributed by atoms with Crippen LogP contribution >= 0.6 is 23.1 Å². The Kier molecular flexibility index (Phi) is 5.07. The summed E-state index contributed by atoms with van der Waals surface area (Å²) in [5.41, 5.74) is 4.56. The van der Waals surface area contributed by atoms with Crippen molar-refractivity contribution in [2.45, 2.75) is 25.3 Å². The van der Waals surface area contributed by atoms with Gasteiger partial charge in [-0.15, -0.1) is 23.1 Å². The fourth-order valence-corrected chi connectivity index (χ4v) is 4.36. The van der Waals surface area contributed by atoms with Crippen LogP contribution in [0.3, 0.4) is 0 Å². The van der Waals surface area contributed by atoms with E-state index in [0.717, 1.165) is 37.5 Å². The molecule has 0 aliphatic heterocycles. The van der Waals surface area contributed by atoms with Crippen molar-refractivity contribution in [2.24, 2.45) is 0 Å². The molecule has 3 aromatic rings. The molecule has 0 spiro atoms. The summed E-state index contributed by atoms with van der Waals surface area (Å²) in [7, 11) is 0. The number of aromatic carboxylic acids is 1. The highest BCUT2D eigenvalue weighted by atomic mass is 32.2. The van der Waals surface area contributed by atoms with Crippen LogP contribution < -0.4 is 0 Å². The zero-order valence-corrected chi connectivity index (χ0v) is 15.7. The molecule has 0 fully saturated rings. The van der Waals surface area contributed by atoms with Gasteiger partial charge in [-0.2, -0.15) is 0 Å². The van der Waals surface area contributed by atoms with Crippen molar-refractivity contribution in [2.75, 3.05) is 6.26 Å². The van der Waals surface area contributed by atoms with Crippen LogP contribution in [-0.2, 0) is 6.42 Å². The van der Waals surface area contributed by atoms with Crippen LogP contribution in [0.4, 0.5) is 0 Å². The molecule has 0 amide bonds. The number of fused-ring (bicyclic) bond motifs is 1. The number of carbonyl (C=O) groups is 1. The van der Waals surface area contributed by atoms with Crippen LogP contribution in [0.1, 0.15) is 39.5 Å². The maximum absolute atomic E-state index is 11.5. The molecule has 2 aromatic heterocycles. The number of nitrogens with zero attached hydrogens (tertiary/aromatic N) is 2. The number of carboxylic acid groups (broad SMARTS) is 1. The number of aromatic nitrogens is 2. The zero-order chi connectivity index (χ0) is 18.0. The molecule has 0 unspecified atom stereocenters. The molecule has 1 N–H and O–H groups in total. The normalized spacial score (nSPS) is 10.5. The van der Waals surface area contributed by atoms with E-state index >= 15 is 0 Å². The molecule has 0 bridgehead atoms. The summed E-state index contributed by atoms with van der Waals surface area (Å²) in [4.78, 5) is 20.1. The predicted octanol–water partition coefficient (Wildman–Crippen LogP) is 4.38. The van der Waals surface area contributed by atoms with Gasteiger partial charge < -0.3 is 5.11 Å². The first-order valence-corrected chi connectivity index (χ1v) is 9.81. The highest BCUT2D eigenvalue weighted by Crippen LogP contribution is 2.30. The van der Waals surface area contributed by atoms with Crippen LogP contribution in [0, 0.1) is 18.8 Å². The van der Waals surface area contributed by atoms with Crippen molar-refractivity contribution >= 4 is 39.3 Å². The second kappa shape index (κ2) is 7.26. The summed E-state index contributed by atoms with van der Waals surface area (Å²) >= 11 is 3.17. The molecule has 0 saturated heterocycles. The number of carboxylic acids is 1. The highest BCUT2D eigenvalue weighted by molar-refractivity contribution is 7.98. The van der Waals surface area contributed by atoms with E-state index < -0.39 is 5.97 Å². The zero-order valence-electron chi connectivity index (χ0n) is 14.1. The lowest BCUT2D eigenvalue weighted by atomic mass is 9.95. The fourth-order valence-electron chi connectivity index (χ4n) is 2.70. The molecule has 3 rings (SSSR count). The third-order valence-corrected chi connectivity index (χ3v) is 5.74. The maximum atomic E-state index is 11.5. The van der Waals surface area contributed by atoms with E-state index in [9.17, 15) is 9.90 Å². The van der Waals surface area contributed by atoms with E-state index in [4.69, 9.17) is 0 Å². The average Bonchev–Trinajstić information content (AvgIpc) is 3.03. The minimum absolute atomic E-state index is 0.319. The van der Waals surface area contributed by atoms with Gasteiger partial charge in [0.1, 0.15) is 16.9 Å². The lowest BCUT2D eigenvalue weighted by Crippen LogP contribution is -2.05. The summed E-state index contributed by atoms with van der Waals surface area (Å²) in [6, 6.07) is 3.46. The van der Waals surface area contributed by atoms with Gasteiger partial charge in [0.2, 0.25) is 0 Å². The molecule has 126 valence electrons. The summed E-state index contributed by atoms with van der Waals surface area (Å²) in [5.74, 6) is 5.45. The van der Waals surface area contributed by atoms with E-state index in [2.05, 4.69) is 21.8 Å². The van der Waals surface area contributed by atoms with Gasteiger partial charge in [-0.05, 0) is 36.8 Å². The SMILES string of the molecule is CCc1c(C(=O)O)ccc(C)c1C#Cc1csc2c(SC)ncnc12. The number of rotatable bonds is 3. The van der Waals surface area contributed by atoms with Gasteiger partial charge in [-0.3, -0.25) is 0 Å². The quantitative estimate of drug-likeness (QED) is 0.422. The Hall–Kier alpha value is -2.36. The first-order valence-electron chi connectivity index (χ1n) is 7.70. The predicted molar refractivity (Wildman–Crippen MR) is 103 cm³/mol. The average molecular weight is 368 g/mol. The molecule has 4 nitrogen and oxygen atoms in total. The number of thioether (sulfide) groups is 1. The van der Waals surface area contributed by atoms with Crippen molar-refractivity contribution in [3.63, 3.8) is 0 Å². The van der Waals surface area contributed by atoms with Crippen LogP contribution in [0.15, 0.2) is 28.9 Å². The van der Waals surface area contributed by atoms with Gasteiger partial charge in [0.05, 0.1) is 15.8 Å². The Bertz CT molecular complexity index is 1030. The lowest BCUT2D eigenvalue weighted by Gasteiger charge is -2.09. The molecular formula is C19H16N2O2S2. The number of benzene rings is 1. The van der Waals surface area contributed by atoms with Gasteiger partial charge in [0, 0.05) is 10.9 Å². The van der Waals surface area contributed by atoms with Crippen molar-refractivity contribution in [3.8, 4) is 11.8 Å². The molecule has 6 heteroatoms. The number of aryl methyl sites for hydroxylation is 1. The van der Waals surface area contributed by atoms with Crippen LogP contribution in [0.2, 0.25) is 0 Å². The van der Waals surface area contributed by atoms with Crippen molar-refractivity contribution in [3.05, 3.63) is 51.7 Å². The Labute approximate surface area is 154 Å². The summed E-state index contributed by atoms with van der Waals surface area (Å²) < 4.78 is 1.03. The van der Waals surface area contributed by atoms with Crippen LogP contribution in [-0.4, -0.2) is 27.3 Å². The number of thiophene rings is 1. The van der Waals surface area contributed by atoms with Crippen LogP contribution in [0.25, 0.3) is 10.2 Å². The van der Waals surface area contributed by atoms with E-state index in [-0.39, 0.29) is 0 Å². The van der Waals surface area contributed by atoms with E-state index in [1.807, 2.05) is 31.5 Å². The van der Waals surface area contributed by atoms with E-state index in [0.29, 0.717) is 12.0 Å². The topological polar surface area (TPSA) is 63.1 Å². The summed E-state index contributed by atoms with van der Waals surface area (Å²) in [5, 5.41) is 12.3. The largest absolute Gasteiger partial charge is 0.478 e. The first kappa shape index (κ1) is 17.5. The van der Waals surface area contributed by atoms with Crippen molar-refractivity contribution in [1.82, 2.24) is 9.97 Å². The number of hydrogen-bond donors (Lipinski definition) is 1. The van der Waals surface area contributed by atoms with E-state index in [1.54, 1.807) is 35.5 Å². The summed E-state index contributed by atoms with van der Waals surface area (Å²) in [6.07, 6.45) is 4.16. The smallest absolute Gasteiger partial charge is 0.336 e. The van der Waals surface area contributed by atoms with E-state index in [1.165, 1.54) is 0 Å². The molecule has 0 radical (unpaired) electrons. The molecule has 2 heterocycles. The lowest BCUT2D eigenvalue weighted by molar-refractivity contribution is 0.0695. The fraction of sp³-hybridized carbons (Fsp3) is 0.211. The molecular weight excluding hydrogens is 352 g/mol. The van der Waals surface area contributed by atoms with Gasteiger partial charge in [0.25, 0.3) is 0 Å². The van der Waals surface area contributed by atoms with Crippen LogP contribution in [0.5, 0.6) is 0 Å². The minimum atomic E-state index is -0.918. The Morgan fingerprint density at radius 3 is 2.80 bits per heavy atom. The summed E-state index contributed by atoms with van der Waals surface area (Å²) in [6.45, 7) is 3.90. The molecule has 0 atom stereocenters. The third-order valence-electron chi connectivity index (χ3n) is 3.94. The second-order valence-corrected chi connectivity index (χ2v) is 7.08. The second-order valence-electron chi connectivity index (χ2n) is 5.40. The Morgan fingerprint density at radius 1 is 1.32 bits per heavy atom. The highest BCUT2D eigenvalue weighted by Gasteiger charge is 2.14. The first-order chi connectivity index (χ1) is 12.1. The molecule has 25 heavy (non-hydrogen) atoms. The molecule has 0 saturated carbocycles. The Balaban J connectivity index is 2.14. The van der Waals surface area contributed by atoms with Gasteiger partial charge in [-0.1, -0.05) is 24.8 Å². The van der Waals surface area contributed by atoms with Crippen molar-refractivity contribution in [1.29, 1.82) is 0 Å². The standard InChI is InChI=1S/C19H16N2O2S2/c1-4-13-14(11(2)5-7-15(13)19(22)23)8-6-12-9-25-17-16(12)20-10-21-18(17)24-3/h5,7,9-10H,4H2,1-3H3,(H,22,23). The minimum Gasteiger partial charge on any atom is -0.478 e. The molecule has 0 aliphatic rings. The molecule has 1 aromatic carbocycles. The van der Waals surface area contributed by atoms with Crippen molar-refractivity contribution < 1.29 is 9.90 Å².